The molecule has 1 amide bonds. The molecular weight excluding hydrogens is 246 g/mol. The van der Waals surface area contributed by atoms with Gasteiger partial charge in [-0.25, -0.2) is 0 Å². The molecule has 5 heteroatoms. The Hall–Kier alpha value is -1.88. The van der Waals surface area contributed by atoms with Crippen molar-refractivity contribution in [1.29, 1.82) is 0 Å². The third-order valence-corrected chi connectivity index (χ3v) is 4.12. The topological polar surface area (TPSA) is 66.8 Å². The molecule has 5 nitrogen and oxygen atoms in total. The van der Waals surface area contributed by atoms with E-state index in [-0.39, 0.29) is 24.2 Å². The number of hydrogen-bond acceptors (Lipinski definition) is 4. The summed E-state index contributed by atoms with van der Waals surface area (Å²) in [6.45, 7) is 0.464. The Morgan fingerprint density at radius 2 is 2.26 bits per heavy atom. The molecule has 1 fully saturated rings. The second-order valence-electron chi connectivity index (χ2n) is 4.99. The van der Waals surface area contributed by atoms with Crippen LogP contribution in [-0.4, -0.2) is 35.5 Å². The molecule has 2 heterocycles. The highest BCUT2D eigenvalue weighted by Gasteiger charge is 2.57. The van der Waals surface area contributed by atoms with Crippen molar-refractivity contribution in [2.75, 3.05) is 13.7 Å². The molecule has 0 aliphatic carbocycles. The van der Waals surface area contributed by atoms with E-state index in [4.69, 9.17) is 0 Å². The van der Waals surface area contributed by atoms with E-state index in [1.54, 1.807) is 24.3 Å². The van der Waals surface area contributed by atoms with Gasteiger partial charge in [0.1, 0.15) is 0 Å². The van der Waals surface area contributed by atoms with Crippen LogP contribution in [-0.2, 0) is 15.3 Å². The molecule has 19 heavy (non-hydrogen) atoms. The third kappa shape index (κ3) is 1.51. The van der Waals surface area contributed by atoms with Gasteiger partial charge in [-0.15, -0.1) is 0 Å². The number of amides is 1. The monoisotopic (exact) mass is 261 g/mol. The molecule has 1 aromatic carbocycles. The number of aliphatic hydroxyl groups is 1. The van der Waals surface area contributed by atoms with Gasteiger partial charge in [0.25, 0.3) is 5.91 Å². The summed E-state index contributed by atoms with van der Waals surface area (Å²) in [5, 5.41) is 11.0. The van der Waals surface area contributed by atoms with Gasteiger partial charge in [0, 0.05) is 23.6 Å². The van der Waals surface area contributed by atoms with E-state index in [1.165, 1.54) is 12.0 Å². The number of fused-ring (bicyclic) bond motifs is 3. The van der Waals surface area contributed by atoms with Gasteiger partial charge in [0.05, 0.1) is 13.5 Å². The molecule has 2 atom stereocenters. The van der Waals surface area contributed by atoms with Crippen LogP contribution in [0.1, 0.15) is 28.8 Å². The molecule has 0 spiro atoms. The van der Waals surface area contributed by atoms with Gasteiger partial charge in [0.15, 0.2) is 5.72 Å². The number of esters is 1. The fourth-order valence-electron chi connectivity index (χ4n) is 3.16. The fraction of sp³-hybridized carbons (Fsp3) is 0.429. The molecule has 2 unspecified atom stereocenters. The fourth-order valence-corrected chi connectivity index (χ4v) is 3.16. The van der Waals surface area contributed by atoms with Crippen LogP contribution in [0.2, 0.25) is 0 Å². The van der Waals surface area contributed by atoms with Crippen molar-refractivity contribution in [1.82, 2.24) is 4.90 Å². The molecule has 3 rings (SSSR count). The summed E-state index contributed by atoms with van der Waals surface area (Å²) in [4.78, 5) is 25.2. The predicted octanol–water partition coefficient (Wildman–Crippen LogP) is 0.871. The zero-order valence-corrected chi connectivity index (χ0v) is 10.6. The van der Waals surface area contributed by atoms with E-state index in [0.29, 0.717) is 24.1 Å². The number of methoxy groups -OCH3 is 1. The number of carbonyl (C=O) groups is 2. The second-order valence-corrected chi connectivity index (χ2v) is 4.99. The Balaban J connectivity index is 2.03. The minimum atomic E-state index is -1.36. The zero-order chi connectivity index (χ0) is 13.6. The lowest BCUT2D eigenvalue weighted by Gasteiger charge is -2.31. The highest BCUT2D eigenvalue weighted by atomic mass is 16.5. The molecule has 100 valence electrons. The predicted molar refractivity (Wildman–Crippen MR) is 66.1 cm³/mol. The van der Waals surface area contributed by atoms with Crippen molar-refractivity contribution in [3.63, 3.8) is 0 Å². The first-order valence-electron chi connectivity index (χ1n) is 6.29. The summed E-state index contributed by atoms with van der Waals surface area (Å²) in [6.07, 6.45) is 0.719. The number of rotatable bonds is 2. The maximum absolute atomic E-state index is 12.2. The van der Waals surface area contributed by atoms with Crippen LogP contribution in [0.5, 0.6) is 0 Å². The Labute approximate surface area is 110 Å². The summed E-state index contributed by atoms with van der Waals surface area (Å²) in [6, 6.07) is 7.03. The van der Waals surface area contributed by atoms with E-state index in [2.05, 4.69) is 4.74 Å². The number of ether oxygens (including phenoxy) is 1. The van der Waals surface area contributed by atoms with Crippen LogP contribution in [0.25, 0.3) is 0 Å². The van der Waals surface area contributed by atoms with Gasteiger partial charge in [-0.3, -0.25) is 9.59 Å². The van der Waals surface area contributed by atoms with Gasteiger partial charge < -0.3 is 14.7 Å². The van der Waals surface area contributed by atoms with Crippen molar-refractivity contribution in [2.45, 2.75) is 18.6 Å². The maximum Gasteiger partial charge on any atom is 0.305 e. The van der Waals surface area contributed by atoms with E-state index in [9.17, 15) is 14.7 Å². The normalized spacial score (nSPS) is 28.2. The van der Waals surface area contributed by atoms with Crippen LogP contribution in [0, 0.1) is 5.92 Å². The molecule has 0 saturated carbocycles. The minimum Gasteiger partial charge on any atom is -0.469 e. The molecule has 2 aliphatic heterocycles. The molecular formula is C14H15NO4. The van der Waals surface area contributed by atoms with Gasteiger partial charge in [-0.2, -0.15) is 0 Å². The van der Waals surface area contributed by atoms with Crippen molar-refractivity contribution in [3.05, 3.63) is 35.4 Å². The van der Waals surface area contributed by atoms with Crippen LogP contribution in [0.4, 0.5) is 0 Å². The second kappa shape index (κ2) is 4.06. The van der Waals surface area contributed by atoms with Crippen molar-refractivity contribution in [2.24, 2.45) is 5.92 Å². The lowest BCUT2D eigenvalue weighted by Crippen LogP contribution is -2.42. The molecule has 1 N–H and O–H groups in total. The molecule has 2 aliphatic rings. The number of hydrogen-bond donors (Lipinski definition) is 1. The van der Waals surface area contributed by atoms with Crippen LogP contribution in [0.3, 0.4) is 0 Å². The summed E-state index contributed by atoms with van der Waals surface area (Å²) in [5.41, 5.74) is -0.229. The number of carbonyl (C=O) groups excluding carboxylic acids is 2. The van der Waals surface area contributed by atoms with Gasteiger partial charge in [-0.1, -0.05) is 18.2 Å². The van der Waals surface area contributed by atoms with E-state index in [0.717, 1.165) is 0 Å². The van der Waals surface area contributed by atoms with E-state index >= 15 is 0 Å². The van der Waals surface area contributed by atoms with E-state index in [1.807, 2.05) is 0 Å². The smallest absolute Gasteiger partial charge is 0.305 e. The third-order valence-electron chi connectivity index (χ3n) is 4.12. The first-order chi connectivity index (χ1) is 9.09. The average Bonchev–Trinajstić information content (AvgIpc) is 2.86. The lowest BCUT2D eigenvalue weighted by atomic mass is 9.87. The summed E-state index contributed by atoms with van der Waals surface area (Å²) in [5.74, 6) is -0.838. The Bertz CT molecular complexity index is 556. The van der Waals surface area contributed by atoms with Crippen LogP contribution in [0.15, 0.2) is 24.3 Å². The van der Waals surface area contributed by atoms with E-state index < -0.39 is 5.72 Å². The van der Waals surface area contributed by atoms with Gasteiger partial charge in [0.2, 0.25) is 0 Å². The first-order valence-corrected chi connectivity index (χ1v) is 6.29. The van der Waals surface area contributed by atoms with Crippen LogP contribution < -0.4 is 0 Å². The Morgan fingerprint density at radius 1 is 1.53 bits per heavy atom. The first kappa shape index (κ1) is 12.2. The lowest BCUT2D eigenvalue weighted by molar-refractivity contribution is -0.147. The van der Waals surface area contributed by atoms with Gasteiger partial charge in [-0.05, 0) is 12.5 Å². The van der Waals surface area contributed by atoms with Gasteiger partial charge >= 0.3 is 5.97 Å². The minimum absolute atomic E-state index is 0.116. The highest BCUT2D eigenvalue weighted by molar-refractivity contribution is 6.00. The van der Waals surface area contributed by atoms with Crippen molar-refractivity contribution in [3.8, 4) is 0 Å². The SMILES string of the molecule is COC(=O)CC1CCN2C(=O)c3ccccc3C12O. The molecule has 1 aromatic rings. The summed E-state index contributed by atoms with van der Waals surface area (Å²) < 4.78 is 4.67. The van der Waals surface area contributed by atoms with Crippen molar-refractivity contribution < 1.29 is 19.4 Å². The summed E-state index contributed by atoms with van der Waals surface area (Å²) >= 11 is 0. The largest absolute Gasteiger partial charge is 0.469 e. The zero-order valence-electron chi connectivity index (χ0n) is 10.6. The molecule has 0 radical (unpaired) electrons. The standard InChI is InChI=1S/C14H15NO4/c1-19-12(16)8-9-6-7-15-13(17)10-4-2-3-5-11(10)14(9,15)18/h2-5,9,18H,6-8H2,1H3. The Kier molecular flexibility index (Phi) is 2.60. The highest BCUT2D eigenvalue weighted by Crippen LogP contribution is 2.49. The molecule has 1 saturated heterocycles. The van der Waals surface area contributed by atoms with Crippen LogP contribution >= 0.6 is 0 Å². The van der Waals surface area contributed by atoms with Crippen molar-refractivity contribution >= 4 is 11.9 Å². The number of nitrogens with zero attached hydrogens (tertiary/aromatic N) is 1. The molecule has 0 bridgehead atoms. The Morgan fingerprint density at radius 3 is 3.00 bits per heavy atom. The molecule has 0 aromatic heterocycles. The average molecular weight is 261 g/mol. The number of benzene rings is 1. The summed E-state index contributed by atoms with van der Waals surface area (Å²) in [7, 11) is 1.33. The quantitative estimate of drug-likeness (QED) is 0.802. The maximum atomic E-state index is 12.2.